The van der Waals surface area contributed by atoms with Crippen LogP contribution in [-0.2, 0) is 13.1 Å². The van der Waals surface area contributed by atoms with Crippen LogP contribution in [0.15, 0.2) is 41.1 Å². The molecule has 1 amide bonds. The van der Waals surface area contributed by atoms with E-state index in [9.17, 15) is 4.79 Å². The summed E-state index contributed by atoms with van der Waals surface area (Å²) in [6, 6.07) is 10.4. The minimum atomic E-state index is -0.160. The Hall–Kier alpha value is -2.73. The second kappa shape index (κ2) is 7.66. The number of aromatic nitrogens is 2. The summed E-state index contributed by atoms with van der Waals surface area (Å²) in [5, 5.41) is 7.62. The van der Waals surface area contributed by atoms with E-state index in [-0.39, 0.29) is 5.91 Å². The van der Waals surface area contributed by atoms with E-state index in [0.29, 0.717) is 23.9 Å². The molecule has 26 heavy (non-hydrogen) atoms. The molecule has 6 heteroatoms. The van der Waals surface area contributed by atoms with E-state index in [1.807, 2.05) is 19.1 Å². The van der Waals surface area contributed by atoms with Crippen LogP contribution in [0.1, 0.15) is 41.0 Å². The van der Waals surface area contributed by atoms with Crippen LogP contribution in [0.25, 0.3) is 11.1 Å². The number of nitrogens with one attached hydrogen (secondary N) is 1. The first-order chi connectivity index (χ1) is 12.5. The Labute approximate surface area is 153 Å². The Morgan fingerprint density at radius 3 is 2.73 bits per heavy atom. The fraction of sp³-hybridized carbons (Fsp3) is 0.350. The molecular formula is C20H24N4O2. The molecule has 0 saturated heterocycles. The van der Waals surface area contributed by atoms with E-state index < -0.39 is 0 Å². The van der Waals surface area contributed by atoms with Crippen molar-refractivity contribution in [3.8, 4) is 0 Å². The minimum Gasteiger partial charge on any atom is -0.348 e. The fourth-order valence-electron chi connectivity index (χ4n) is 2.68. The number of amides is 1. The number of fused-ring (bicyclic) bond motifs is 1. The normalized spacial score (nSPS) is 11.5. The highest BCUT2D eigenvalue weighted by Gasteiger charge is 2.13. The van der Waals surface area contributed by atoms with E-state index in [2.05, 4.69) is 53.4 Å². The molecule has 2 aromatic heterocycles. The van der Waals surface area contributed by atoms with Crippen molar-refractivity contribution in [2.75, 3.05) is 7.05 Å². The van der Waals surface area contributed by atoms with Gasteiger partial charge in [0.05, 0.1) is 16.6 Å². The van der Waals surface area contributed by atoms with Gasteiger partial charge in [0.25, 0.3) is 11.6 Å². The molecule has 0 fully saturated rings. The van der Waals surface area contributed by atoms with Crippen molar-refractivity contribution in [2.45, 2.75) is 39.9 Å². The van der Waals surface area contributed by atoms with Crippen molar-refractivity contribution in [1.82, 2.24) is 20.4 Å². The summed E-state index contributed by atoms with van der Waals surface area (Å²) in [7, 11) is 2.10. The van der Waals surface area contributed by atoms with Gasteiger partial charge in [-0.05, 0) is 45.0 Å². The maximum atomic E-state index is 12.5. The van der Waals surface area contributed by atoms with E-state index in [1.54, 1.807) is 6.07 Å². The molecule has 0 atom stereocenters. The second-order valence-corrected chi connectivity index (χ2v) is 6.80. The summed E-state index contributed by atoms with van der Waals surface area (Å²) >= 11 is 0. The van der Waals surface area contributed by atoms with Gasteiger partial charge >= 0.3 is 0 Å². The molecule has 0 unspecified atom stereocenters. The van der Waals surface area contributed by atoms with Gasteiger partial charge < -0.3 is 9.84 Å². The van der Waals surface area contributed by atoms with Crippen molar-refractivity contribution in [3.63, 3.8) is 0 Å². The van der Waals surface area contributed by atoms with Crippen molar-refractivity contribution >= 4 is 17.0 Å². The molecule has 136 valence electrons. The summed E-state index contributed by atoms with van der Waals surface area (Å²) in [5.74, 6) is -0.160. The molecule has 0 aliphatic carbocycles. The highest BCUT2D eigenvalue weighted by molar-refractivity contribution is 5.96. The van der Waals surface area contributed by atoms with E-state index in [1.165, 1.54) is 11.8 Å². The molecule has 3 rings (SSSR count). The molecule has 1 aromatic carbocycles. The van der Waals surface area contributed by atoms with Crippen molar-refractivity contribution in [3.05, 3.63) is 58.9 Å². The van der Waals surface area contributed by atoms with E-state index in [0.717, 1.165) is 23.2 Å². The predicted octanol–water partition coefficient (Wildman–Crippen LogP) is 3.30. The first kappa shape index (κ1) is 18.1. The Balaban J connectivity index is 1.72. The molecule has 0 saturated carbocycles. The number of aryl methyl sites for hydroxylation is 1. The summed E-state index contributed by atoms with van der Waals surface area (Å²) < 4.78 is 5.09. The number of benzene rings is 1. The summed E-state index contributed by atoms with van der Waals surface area (Å²) in [6.45, 7) is 7.48. The molecule has 0 aliphatic rings. The second-order valence-electron chi connectivity index (χ2n) is 6.80. The number of hydrogen-bond donors (Lipinski definition) is 1. The monoisotopic (exact) mass is 352 g/mol. The van der Waals surface area contributed by atoms with Crippen LogP contribution in [0.3, 0.4) is 0 Å². The third-order valence-electron chi connectivity index (χ3n) is 4.63. The SMILES string of the molecule is Cc1noc2ncc(C(=O)NCc3ccccc3CN(C)C(C)C)cc12. The van der Waals surface area contributed by atoms with Crippen LogP contribution in [0.5, 0.6) is 0 Å². The van der Waals surface area contributed by atoms with Gasteiger partial charge in [-0.2, -0.15) is 0 Å². The molecule has 3 aromatic rings. The van der Waals surface area contributed by atoms with Gasteiger partial charge in [0.2, 0.25) is 0 Å². The number of nitrogens with zero attached hydrogens (tertiary/aromatic N) is 3. The standard InChI is InChI=1S/C20H24N4O2/c1-13(2)24(4)12-16-8-6-5-7-15(16)10-21-19(25)17-9-18-14(3)23-26-20(18)22-11-17/h5-9,11,13H,10,12H2,1-4H3,(H,21,25). The van der Waals surface area contributed by atoms with Crippen LogP contribution in [-0.4, -0.2) is 34.0 Å². The predicted molar refractivity (Wildman–Crippen MR) is 101 cm³/mol. The van der Waals surface area contributed by atoms with Gasteiger partial charge in [-0.3, -0.25) is 9.69 Å². The number of rotatable bonds is 6. The first-order valence-electron chi connectivity index (χ1n) is 8.73. The third-order valence-corrected chi connectivity index (χ3v) is 4.63. The highest BCUT2D eigenvalue weighted by atomic mass is 16.5. The lowest BCUT2D eigenvalue weighted by molar-refractivity contribution is 0.0950. The molecular weight excluding hydrogens is 328 g/mol. The topological polar surface area (TPSA) is 71.3 Å². The van der Waals surface area contributed by atoms with Gasteiger partial charge in [-0.15, -0.1) is 0 Å². The Morgan fingerprint density at radius 1 is 1.27 bits per heavy atom. The average molecular weight is 352 g/mol. The zero-order chi connectivity index (χ0) is 18.7. The van der Waals surface area contributed by atoms with Crippen molar-refractivity contribution in [2.24, 2.45) is 0 Å². The zero-order valence-electron chi connectivity index (χ0n) is 15.6. The quantitative estimate of drug-likeness (QED) is 0.737. The fourth-order valence-corrected chi connectivity index (χ4v) is 2.68. The lowest BCUT2D eigenvalue weighted by atomic mass is 10.1. The maximum absolute atomic E-state index is 12.5. The third kappa shape index (κ3) is 3.91. The average Bonchev–Trinajstić information content (AvgIpc) is 3.01. The van der Waals surface area contributed by atoms with Crippen molar-refractivity contribution < 1.29 is 9.32 Å². The van der Waals surface area contributed by atoms with E-state index >= 15 is 0 Å². The summed E-state index contributed by atoms with van der Waals surface area (Å²) in [6.07, 6.45) is 1.51. The van der Waals surface area contributed by atoms with Crippen LogP contribution in [0.2, 0.25) is 0 Å². The molecule has 6 nitrogen and oxygen atoms in total. The van der Waals surface area contributed by atoms with Gasteiger partial charge in [0.1, 0.15) is 0 Å². The van der Waals surface area contributed by atoms with Gasteiger partial charge in [0.15, 0.2) is 0 Å². The lowest BCUT2D eigenvalue weighted by Crippen LogP contribution is -2.27. The minimum absolute atomic E-state index is 0.160. The molecule has 1 N–H and O–H groups in total. The van der Waals surface area contributed by atoms with Crippen LogP contribution in [0.4, 0.5) is 0 Å². The summed E-state index contributed by atoms with van der Waals surface area (Å²) in [5.41, 5.74) is 4.00. The maximum Gasteiger partial charge on any atom is 0.257 e. The lowest BCUT2D eigenvalue weighted by Gasteiger charge is -2.22. The van der Waals surface area contributed by atoms with Gasteiger partial charge in [-0.1, -0.05) is 29.4 Å². The molecule has 2 heterocycles. The van der Waals surface area contributed by atoms with Crippen LogP contribution in [0, 0.1) is 6.92 Å². The molecule has 0 bridgehead atoms. The number of carbonyl (C=O) groups excluding carboxylic acids is 1. The van der Waals surface area contributed by atoms with Crippen LogP contribution < -0.4 is 5.32 Å². The number of pyridine rings is 1. The highest BCUT2D eigenvalue weighted by Crippen LogP contribution is 2.17. The zero-order valence-corrected chi connectivity index (χ0v) is 15.6. The van der Waals surface area contributed by atoms with Gasteiger partial charge in [0, 0.05) is 25.3 Å². The van der Waals surface area contributed by atoms with Crippen molar-refractivity contribution in [1.29, 1.82) is 0 Å². The van der Waals surface area contributed by atoms with E-state index in [4.69, 9.17) is 4.52 Å². The Bertz CT molecular complexity index is 917. The Morgan fingerprint density at radius 2 is 2.00 bits per heavy atom. The molecule has 0 aliphatic heterocycles. The van der Waals surface area contributed by atoms with Gasteiger partial charge in [-0.25, -0.2) is 4.98 Å². The summed E-state index contributed by atoms with van der Waals surface area (Å²) in [4.78, 5) is 19.0. The largest absolute Gasteiger partial charge is 0.348 e. The van der Waals surface area contributed by atoms with Crippen LogP contribution >= 0.6 is 0 Å². The molecule has 0 radical (unpaired) electrons. The molecule has 0 spiro atoms. The Kier molecular flexibility index (Phi) is 5.32. The number of carbonyl (C=O) groups is 1. The number of hydrogen-bond acceptors (Lipinski definition) is 5. The first-order valence-corrected chi connectivity index (χ1v) is 8.73. The smallest absolute Gasteiger partial charge is 0.257 e.